The predicted octanol–water partition coefficient (Wildman–Crippen LogP) is 3.14. The average Bonchev–Trinajstić information content (AvgIpc) is 3.40. The molecule has 0 atom stereocenters. The number of hydrogen-bond donors (Lipinski definition) is 0. The first-order valence-corrected chi connectivity index (χ1v) is 8.33. The second-order valence-corrected chi connectivity index (χ2v) is 7.58. The van der Waals surface area contributed by atoms with Crippen LogP contribution in [0.4, 0.5) is 0 Å². The van der Waals surface area contributed by atoms with E-state index >= 15 is 0 Å². The Kier molecular flexibility index (Phi) is 2.11. The molecular formula is C22H16. The predicted molar refractivity (Wildman–Crippen MR) is 85.5 cm³/mol. The van der Waals surface area contributed by atoms with E-state index < -0.39 is 0 Å². The van der Waals surface area contributed by atoms with Crippen molar-refractivity contribution >= 4 is 0 Å². The first-order valence-electron chi connectivity index (χ1n) is 8.33. The average molecular weight is 280 g/mol. The Bertz CT molecular complexity index is 796. The maximum absolute atomic E-state index is 3.48. The van der Waals surface area contributed by atoms with E-state index in [4.69, 9.17) is 0 Å². The zero-order valence-corrected chi connectivity index (χ0v) is 12.7. The Morgan fingerprint density at radius 3 is 0.773 bits per heavy atom. The molecule has 4 fully saturated rings. The van der Waals surface area contributed by atoms with Gasteiger partial charge in [-0.25, -0.2) is 0 Å². The van der Waals surface area contributed by atoms with E-state index in [1.807, 2.05) is 0 Å². The van der Waals surface area contributed by atoms with E-state index in [0.29, 0.717) is 0 Å². The number of rotatable bonds is 0. The maximum atomic E-state index is 3.48. The zero-order chi connectivity index (χ0) is 14.7. The summed E-state index contributed by atoms with van der Waals surface area (Å²) in [5, 5.41) is 0. The number of hydrogen-bond acceptors (Lipinski definition) is 0. The van der Waals surface area contributed by atoms with Gasteiger partial charge in [-0.3, -0.25) is 0 Å². The summed E-state index contributed by atoms with van der Waals surface area (Å²) in [6, 6.07) is 0. The van der Waals surface area contributed by atoms with Crippen molar-refractivity contribution in [2.75, 3.05) is 0 Å². The first kappa shape index (κ1) is 12.4. The van der Waals surface area contributed by atoms with Gasteiger partial charge in [-0.2, -0.15) is 0 Å². The molecule has 104 valence electrons. The van der Waals surface area contributed by atoms with Crippen LogP contribution in [0.2, 0.25) is 0 Å². The molecule has 5 aliphatic rings. The highest BCUT2D eigenvalue weighted by molar-refractivity contribution is 5.48. The molecule has 5 aliphatic carbocycles. The van der Waals surface area contributed by atoms with Gasteiger partial charge in [-0.1, -0.05) is 47.4 Å². The molecule has 0 amide bonds. The fourth-order valence-electron chi connectivity index (χ4n) is 2.64. The van der Waals surface area contributed by atoms with Crippen molar-refractivity contribution in [3.05, 3.63) is 0 Å². The molecule has 0 radical (unpaired) electrons. The normalized spacial score (nSPS) is 29.8. The van der Waals surface area contributed by atoms with Gasteiger partial charge in [0.05, 0.1) is 21.7 Å². The third-order valence-corrected chi connectivity index (χ3v) is 5.29. The van der Waals surface area contributed by atoms with E-state index in [1.165, 1.54) is 0 Å². The van der Waals surface area contributed by atoms with Crippen molar-refractivity contribution in [3.63, 3.8) is 0 Å². The summed E-state index contributed by atoms with van der Waals surface area (Å²) in [6.45, 7) is 0. The summed E-state index contributed by atoms with van der Waals surface area (Å²) in [7, 11) is 0. The lowest BCUT2D eigenvalue weighted by Crippen LogP contribution is -2.00. The SMILES string of the molecule is C1#CC2(C#CC3(C#CC4(C#CC5(C#C1)CC5)CC4)CC3)CC2. The molecule has 0 saturated heterocycles. The van der Waals surface area contributed by atoms with Crippen molar-refractivity contribution < 1.29 is 0 Å². The van der Waals surface area contributed by atoms with Crippen LogP contribution in [0.15, 0.2) is 0 Å². The van der Waals surface area contributed by atoms with Crippen LogP contribution in [0.5, 0.6) is 0 Å². The minimum absolute atomic E-state index is 0.0401. The lowest BCUT2D eigenvalue weighted by molar-refractivity contribution is 0.875. The Balaban J connectivity index is 1.59. The van der Waals surface area contributed by atoms with Gasteiger partial charge in [0, 0.05) is 0 Å². The summed E-state index contributed by atoms with van der Waals surface area (Å²) >= 11 is 0. The van der Waals surface area contributed by atoms with Crippen LogP contribution in [0.1, 0.15) is 51.4 Å². The van der Waals surface area contributed by atoms with Gasteiger partial charge >= 0.3 is 0 Å². The van der Waals surface area contributed by atoms with Gasteiger partial charge < -0.3 is 0 Å². The molecule has 0 aromatic carbocycles. The zero-order valence-electron chi connectivity index (χ0n) is 12.7. The van der Waals surface area contributed by atoms with E-state index in [-0.39, 0.29) is 21.7 Å². The molecular weight excluding hydrogens is 264 g/mol. The smallest absolute Gasteiger partial charge is 0.0818 e. The van der Waals surface area contributed by atoms with Crippen molar-refractivity contribution in [1.29, 1.82) is 0 Å². The van der Waals surface area contributed by atoms with Crippen LogP contribution >= 0.6 is 0 Å². The highest BCUT2D eigenvalue weighted by Gasteiger charge is 2.46. The van der Waals surface area contributed by atoms with Crippen molar-refractivity contribution in [2.24, 2.45) is 21.7 Å². The lowest BCUT2D eigenvalue weighted by atomic mass is 10.00. The monoisotopic (exact) mass is 280 g/mol. The minimum atomic E-state index is -0.0737. The topological polar surface area (TPSA) is 0 Å². The van der Waals surface area contributed by atoms with Crippen LogP contribution in [-0.2, 0) is 0 Å². The van der Waals surface area contributed by atoms with Crippen molar-refractivity contribution in [2.45, 2.75) is 51.4 Å². The molecule has 0 heterocycles. The second-order valence-electron chi connectivity index (χ2n) is 7.58. The van der Waals surface area contributed by atoms with Gasteiger partial charge in [0.15, 0.2) is 0 Å². The highest BCUT2D eigenvalue weighted by atomic mass is 14.5. The van der Waals surface area contributed by atoms with E-state index in [9.17, 15) is 0 Å². The fraction of sp³-hybridized carbons (Fsp3) is 0.545. The van der Waals surface area contributed by atoms with Crippen LogP contribution in [0, 0.1) is 80.9 Å². The Morgan fingerprint density at radius 2 is 0.545 bits per heavy atom. The third-order valence-electron chi connectivity index (χ3n) is 5.29. The van der Waals surface area contributed by atoms with E-state index in [2.05, 4.69) is 59.2 Å². The largest absolute Gasteiger partial charge is 0.0931 e. The summed E-state index contributed by atoms with van der Waals surface area (Å²) in [5.41, 5.74) is -0.228. The molecule has 4 saturated carbocycles. The van der Waals surface area contributed by atoms with Crippen LogP contribution in [0.25, 0.3) is 0 Å². The molecule has 22 heavy (non-hydrogen) atoms. The van der Waals surface area contributed by atoms with Gasteiger partial charge in [-0.05, 0) is 63.2 Å². The molecule has 0 aromatic rings. The Morgan fingerprint density at radius 1 is 0.318 bits per heavy atom. The van der Waals surface area contributed by atoms with Crippen LogP contribution in [0.3, 0.4) is 0 Å². The first-order chi connectivity index (χ1) is 10.7. The van der Waals surface area contributed by atoms with Crippen LogP contribution in [-0.4, -0.2) is 0 Å². The molecule has 0 unspecified atom stereocenters. The molecule has 5 rings (SSSR count). The molecule has 0 aromatic heterocycles. The Labute approximate surface area is 132 Å². The van der Waals surface area contributed by atoms with Gasteiger partial charge in [0.25, 0.3) is 0 Å². The molecule has 4 spiro atoms. The highest BCUT2D eigenvalue weighted by Crippen LogP contribution is 2.51. The molecule has 0 nitrogen and oxygen atoms in total. The minimum Gasteiger partial charge on any atom is -0.0818 e. The summed E-state index contributed by atoms with van der Waals surface area (Å²) in [6.07, 6.45) is 8.82. The van der Waals surface area contributed by atoms with Crippen molar-refractivity contribution in [3.8, 4) is 59.2 Å². The molecule has 0 bridgehead atoms. The summed E-state index contributed by atoms with van der Waals surface area (Å²) in [5.74, 6) is 33.4. The van der Waals surface area contributed by atoms with Gasteiger partial charge in [0.1, 0.15) is 0 Å². The second kappa shape index (κ2) is 3.76. The third kappa shape index (κ3) is 2.20. The van der Waals surface area contributed by atoms with E-state index in [0.717, 1.165) is 51.4 Å². The Hall–Kier alpha value is -2.20. The fourth-order valence-corrected chi connectivity index (χ4v) is 2.64. The molecule has 0 aliphatic heterocycles. The lowest BCUT2D eigenvalue weighted by Gasteiger charge is -2.01. The quantitative estimate of drug-likeness (QED) is 0.598. The van der Waals surface area contributed by atoms with Gasteiger partial charge in [0.2, 0.25) is 0 Å². The molecule has 0 heteroatoms. The standard InChI is InChI=1S/C22H16/c1-2-4-20(7-8-20)10-12-22(15-16-22)18-17-21(13-14-21)11-9-19(3-1)5-6-19/h5-8,13-16H2. The van der Waals surface area contributed by atoms with E-state index in [1.54, 1.807) is 0 Å². The van der Waals surface area contributed by atoms with Gasteiger partial charge in [-0.15, -0.1) is 0 Å². The summed E-state index contributed by atoms with van der Waals surface area (Å²) < 4.78 is 0. The van der Waals surface area contributed by atoms with Crippen LogP contribution < -0.4 is 0 Å². The summed E-state index contributed by atoms with van der Waals surface area (Å²) in [4.78, 5) is 0. The maximum Gasteiger partial charge on any atom is 0.0931 e. The molecule has 0 N–H and O–H groups in total. The van der Waals surface area contributed by atoms with Crippen molar-refractivity contribution in [1.82, 2.24) is 0 Å².